The molecular weight excluding hydrogens is 497 g/mol. The standard InChI is InChI=1S/C22H31N3O4.HI/c1-17(29-20-7-3-6-19(14-20)26-2)15-24-22(25-16-21-9-5-13-28-21)23-11-10-18-8-4-12-27-18;/h3-4,6-8,12,14,17,21H,5,9-11,13,15-16H2,1-2H3,(H2,23,24,25);1H. The summed E-state index contributed by atoms with van der Waals surface area (Å²) in [4.78, 5) is 4.69. The van der Waals surface area contributed by atoms with Crippen molar-refractivity contribution in [1.82, 2.24) is 10.6 Å². The lowest BCUT2D eigenvalue weighted by Gasteiger charge is -2.17. The lowest BCUT2D eigenvalue weighted by molar-refractivity contribution is 0.113. The van der Waals surface area contributed by atoms with Gasteiger partial charge in [0.1, 0.15) is 23.4 Å². The Labute approximate surface area is 195 Å². The smallest absolute Gasteiger partial charge is 0.191 e. The highest BCUT2D eigenvalue weighted by molar-refractivity contribution is 14.0. The van der Waals surface area contributed by atoms with Crippen LogP contribution in [0.2, 0.25) is 0 Å². The van der Waals surface area contributed by atoms with Crippen molar-refractivity contribution in [2.75, 3.05) is 33.4 Å². The Morgan fingerprint density at radius 2 is 2.10 bits per heavy atom. The number of hydrogen-bond donors (Lipinski definition) is 2. The van der Waals surface area contributed by atoms with Crippen LogP contribution in [0.15, 0.2) is 52.1 Å². The van der Waals surface area contributed by atoms with Crippen LogP contribution in [0.4, 0.5) is 0 Å². The van der Waals surface area contributed by atoms with Gasteiger partial charge in [0.15, 0.2) is 5.96 Å². The highest BCUT2D eigenvalue weighted by atomic mass is 127. The Morgan fingerprint density at radius 3 is 2.83 bits per heavy atom. The maximum Gasteiger partial charge on any atom is 0.191 e. The van der Waals surface area contributed by atoms with Gasteiger partial charge in [-0.25, -0.2) is 4.99 Å². The molecule has 30 heavy (non-hydrogen) atoms. The van der Waals surface area contributed by atoms with Gasteiger partial charge in [0, 0.05) is 32.2 Å². The summed E-state index contributed by atoms with van der Waals surface area (Å²) in [6, 6.07) is 11.5. The van der Waals surface area contributed by atoms with Gasteiger partial charge >= 0.3 is 0 Å². The fraction of sp³-hybridized carbons (Fsp3) is 0.500. The number of benzene rings is 1. The number of nitrogens with zero attached hydrogens (tertiary/aromatic N) is 1. The summed E-state index contributed by atoms with van der Waals surface area (Å²) in [5, 5.41) is 6.75. The molecule has 7 nitrogen and oxygen atoms in total. The summed E-state index contributed by atoms with van der Waals surface area (Å²) in [5.41, 5.74) is 0. The maximum absolute atomic E-state index is 5.97. The molecule has 0 saturated carbocycles. The molecule has 3 rings (SSSR count). The fourth-order valence-corrected chi connectivity index (χ4v) is 3.11. The van der Waals surface area contributed by atoms with E-state index in [1.165, 1.54) is 0 Å². The molecule has 1 fully saturated rings. The predicted molar refractivity (Wildman–Crippen MR) is 128 cm³/mol. The summed E-state index contributed by atoms with van der Waals surface area (Å²) < 4.78 is 22.3. The fourth-order valence-electron chi connectivity index (χ4n) is 3.11. The Bertz CT molecular complexity index is 749. The van der Waals surface area contributed by atoms with E-state index in [-0.39, 0.29) is 36.2 Å². The van der Waals surface area contributed by atoms with Gasteiger partial charge in [0.05, 0.1) is 26.0 Å². The lowest BCUT2D eigenvalue weighted by atomic mass is 10.2. The van der Waals surface area contributed by atoms with Crippen molar-refractivity contribution in [1.29, 1.82) is 0 Å². The zero-order chi connectivity index (χ0) is 20.3. The number of halogens is 1. The van der Waals surface area contributed by atoms with Crippen LogP contribution < -0.4 is 20.1 Å². The van der Waals surface area contributed by atoms with Crippen LogP contribution in [0, 0.1) is 0 Å². The van der Waals surface area contributed by atoms with Crippen LogP contribution in [-0.4, -0.2) is 51.5 Å². The molecule has 1 aliphatic heterocycles. The van der Waals surface area contributed by atoms with E-state index >= 15 is 0 Å². The number of rotatable bonds is 10. The van der Waals surface area contributed by atoms with E-state index in [1.807, 2.05) is 43.3 Å². The molecule has 2 atom stereocenters. The van der Waals surface area contributed by atoms with Gasteiger partial charge < -0.3 is 29.3 Å². The van der Waals surface area contributed by atoms with Gasteiger partial charge in [0.25, 0.3) is 0 Å². The van der Waals surface area contributed by atoms with Gasteiger partial charge in [-0.15, -0.1) is 24.0 Å². The third kappa shape index (κ3) is 8.43. The lowest BCUT2D eigenvalue weighted by Crippen LogP contribution is -2.42. The average molecular weight is 529 g/mol. The van der Waals surface area contributed by atoms with Crippen LogP contribution in [0.5, 0.6) is 11.5 Å². The molecule has 2 N–H and O–H groups in total. The number of methoxy groups -OCH3 is 1. The van der Waals surface area contributed by atoms with Gasteiger partial charge in [-0.2, -0.15) is 0 Å². The maximum atomic E-state index is 5.97. The number of aliphatic imine (C=N–C) groups is 1. The second kappa shape index (κ2) is 13.4. The van der Waals surface area contributed by atoms with E-state index < -0.39 is 0 Å². The Morgan fingerprint density at radius 1 is 1.23 bits per heavy atom. The highest BCUT2D eigenvalue weighted by Gasteiger charge is 2.16. The van der Waals surface area contributed by atoms with Crippen molar-refractivity contribution in [2.24, 2.45) is 4.99 Å². The quantitative estimate of drug-likeness (QED) is 0.278. The van der Waals surface area contributed by atoms with Crippen LogP contribution in [0.25, 0.3) is 0 Å². The topological polar surface area (TPSA) is 77.2 Å². The summed E-state index contributed by atoms with van der Waals surface area (Å²) in [5.74, 6) is 3.25. The minimum absolute atomic E-state index is 0. The monoisotopic (exact) mass is 529 g/mol. The molecule has 2 heterocycles. The average Bonchev–Trinajstić information content (AvgIpc) is 3.44. The van der Waals surface area contributed by atoms with E-state index in [9.17, 15) is 0 Å². The van der Waals surface area contributed by atoms with Crippen LogP contribution in [-0.2, 0) is 11.2 Å². The summed E-state index contributed by atoms with van der Waals surface area (Å²) in [6.07, 6.45) is 4.87. The molecule has 2 aromatic rings. The van der Waals surface area contributed by atoms with Crippen LogP contribution in [0.3, 0.4) is 0 Å². The molecule has 166 valence electrons. The number of ether oxygens (including phenoxy) is 3. The molecule has 1 aliphatic rings. The van der Waals surface area contributed by atoms with E-state index in [0.29, 0.717) is 6.54 Å². The van der Waals surface area contributed by atoms with Gasteiger partial charge in [-0.05, 0) is 44.0 Å². The summed E-state index contributed by atoms with van der Waals surface area (Å²) >= 11 is 0. The zero-order valence-electron chi connectivity index (χ0n) is 17.6. The van der Waals surface area contributed by atoms with Crippen molar-refractivity contribution in [2.45, 2.75) is 38.4 Å². The molecule has 1 aromatic carbocycles. The predicted octanol–water partition coefficient (Wildman–Crippen LogP) is 3.63. The largest absolute Gasteiger partial charge is 0.497 e. The first-order valence-corrected chi connectivity index (χ1v) is 10.2. The van der Waals surface area contributed by atoms with Gasteiger partial charge in [0.2, 0.25) is 0 Å². The van der Waals surface area contributed by atoms with Crippen LogP contribution >= 0.6 is 24.0 Å². The molecule has 2 unspecified atom stereocenters. The van der Waals surface area contributed by atoms with Crippen LogP contribution in [0.1, 0.15) is 25.5 Å². The SMILES string of the molecule is COc1cccc(OC(C)CN=C(NCCc2ccco2)NCC2CCCO2)c1.I. The first-order chi connectivity index (χ1) is 14.2. The normalized spacial score (nSPS) is 17.1. The highest BCUT2D eigenvalue weighted by Crippen LogP contribution is 2.20. The van der Waals surface area contributed by atoms with Crippen molar-refractivity contribution in [3.8, 4) is 11.5 Å². The third-order valence-electron chi connectivity index (χ3n) is 4.65. The minimum atomic E-state index is -0.0755. The number of hydrogen-bond acceptors (Lipinski definition) is 5. The van der Waals surface area contributed by atoms with Crippen molar-refractivity contribution < 1.29 is 18.6 Å². The first kappa shape index (κ1) is 24.3. The van der Waals surface area contributed by atoms with Crippen molar-refractivity contribution in [3.05, 3.63) is 48.4 Å². The first-order valence-electron chi connectivity index (χ1n) is 10.2. The number of furan rings is 1. The summed E-state index contributed by atoms with van der Waals surface area (Å²) in [6.45, 7) is 4.85. The molecule has 0 spiro atoms. The van der Waals surface area contributed by atoms with Crippen molar-refractivity contribution in [3.63, 3.8) is 0 Å². The molecule has 1 aromatic heterocycles. The van der Waals surface area contributed by atoms with Gasteiger partial charge in [-0.1, -0.05) is 6.07 Å². The Kier molecular flexibility index (Phi) is 10.9. The molecule has 0 amide bonds. The van der Waals surface area contributed by atoms with E-state index in [0.717, 1.165) is 62.2 Å². The molecule has 1 saturated heterocycles. The Balaban J connectivity index is 0.00000320. The Hall–Kier alpha value is -1.94. The molecule has 8 heteroatoms. The number of guanidine groups is 1. The number of nitrogens with one attached hydrogen (secondary N) is 2. The second-order valence-corrected chi connectivity index (χ2v) is 7.07. The minimum Gasteiger partial charge on any atom is -0.497 e. The summed E-state index contributed by atoms with van der Waals surface area (Å²) in [7, 11) is 1.65. The van der Waals surface area contributed by atoms with Crippen molar-refractivity contribution >= 4 is 29.9 Å². The van der Waals surface area contributed by atoms with E-state index in [4.69, 9.17) is 23.6 Å². The molecular formula is C22H32IN3O4. The molecule has 0 aliphatic carbocycles. The zero-order valence-corrected chi connectivity index (χ0v) is 20.0. The second-order valence-electron chi connectivity index (χ2n) is 7.07. The van der Waals surface area contributed by atoms with E-state index in [2.05, 4.69) is 10.6 Å². The third-order valence-corrected chi connectivity index (χ3v) is 4.65. The van der Waals surface area contributed by atoms with E-state index in [1.54, 1.807) is 13.4 Å². The molecule has 0 radical (unpaired) electrons. The van der Waals surface area contributed by atoms with Gasteiger partial charge in [-0.3, -0.25) is 0 Å². The molecule has 0 bridgehead atoms.